The van der Waals surface area contributed by atoms with Crippen LogP contribution in [0.2, 0.25) is 5.02 Å². The third kappa shape index (κ3) is 7.80. The van der Waals surface area contributed by atoms with E-state index in [0.717, 1.165) is 0 Å². The van der Waals surface area contributed by atoms with E-state index in [2.05, 4.69) is 15.8 Å². The highest BCUT2D eigenvalue weighted by Gasteiger charge is 2.14. The van der Waals surface area contributed by atoms with Crippen LogP contribution in [0.4, 0.5) is 5.69 Å². The minimum atomic E-state index is -0.575. The summed E-state index contributed by atoms with van der Waals surface area (Å²) in [5.74, 6) is -1.46. The lowest BCUT2D eigenvalue weighted by Crippen LogP contribution is -2.18. The van der Waals surface area contributed by atoms with Gasteiger partial charge in [-0.15, -0.1) is 0 Å². The first-order valence-electron chi connectivity index (χ1n) is 12.4. The second kappa shape index (κ2) is 13.7. The number of halogens is 1. The molecule has 0 aliphatic heterocycles. The Balaban J connectivity index is 1.40. The summed E-state index contributed by atoms with van der Waals surface area (Å²) in [4.78, 5) is 49.3. The predicted molar refractivity (Wildman–Crippen MR) is 157 cm³/mol. The smallest absolute Gasteiger partial charge is 0.343 e. The Morgan fingerprint density at radius 1 is 0.738 bits per heavy atom. The van der Waals surface area contributed by atoms with E-state index in [1.54, 1.807) is 66.7 Å². The van der Waals surface area contributed by atoms with E-state index >= 15 is 0 Å². The van der Waals surface area contributed by atoms with Crippen LogP contribution in [0.15, 0.2) is 96.1 Å². The minimum Gasteiger partial charge on any atom is -0.493 e. The SMILES string of the molecule is COc1cc(C(=O)Nc2cccc(C(=O)NN=Cc3ccccc3OC(=O)c3ccc(Cl)cc3)c2)ccc1OC(C)=O. The van der Waals surface area contributed by atoms with Gasteiger partial charge in [-0.05, 0) is 72.8 Å². The van der Waals surface area contributed by atoms with Crippen molar-refractivity contribution in [1.29, 1.82) is 0 Å². The minimum absolute atomic E-state index is 0.183. The van der Waals surface area contributed by atoms with Gasteiger partial charge in [0.1, 0.15) is 5.75 Å². The van der Waals surface area contributed by atoms with Crippen molar-refractivity contribution in [1.82, 2.24) is 5.43 Å². The molecule has 4 rings (SSSR count). The molecule has 0 aliphatic carbocycles. The van der Waals surface area contributed by atoms with Crippen LogP contribution in [0.5, 0.6) is 17.2 Å². The van der Waals surface area contributed by atoms with Gasteiger partial charge in [0.25, 0.3) is 11.8 Å². The number of anilines is 1. The van der Waals surface area contributed by atoms with Crippen molar-refractivity contribution < 1.29 is 33.4 Å². The number of carbonyl (C=O) groups is 4. The van der Waals surface area contributed by atoms with E-state index in [1.165, 1.54) is 44.5 Å². The van der Waals surface area contributed by atoms with E-state index in [9.17, 15) is 19.2 Å². The van der Waals surface area contributed by atoms with Crippen LogP contribution in [0.1, 0.15) is 43.6 Å². The molecule has 0 saturated carbocycles. The van der Waals surface area contributed by atoms with Crippen LogP contribution in [0.3, 0.4) is 0 Å². The van der Waals surface area contributed by atoms with Gasteiger partial charge in [-0.1, -0.05) is 29.8 Å². The normalized spacial score (nSPS) is 10.5. The summed E-state index contributed by atoms with van der Waals surface area (Å²) in [6.07, 6.45) is 1.35. The van der Waals surface area contributed by atoms with Gasteiger partial charge < -0.3 is 19.5 Å². The van der Waals surface area contributed by atoms with Gasteiger partial charge in [-0.3, -0.25) is 14.4 Å². The van der Waals surface area contributed by atoms with E-state index in [0.29, 0.717) is 21.8 Å². The molecule has 11 heteroatoms. The van der Waals surface area contributed by atoms with E-state index < -0.39 is 23.8 Å². The first-order chi connectivity index (χ1) is 20.2. The number of benzene rings is 4. The fourth-order valence-electron chi connectivity index (χ4n) is 3.64. The molecule has 0 bridgehead atoms. The number of para-hydroxylation sites is 1. The largest absolute Gasteiger partial charge is 0.493 e. The van der Waals surface area contributed by atoms with Gasteiger partial charge in [-0.2, -0.15) is 5.10 Å². The number of nitrogens with one attached hydrogen (secondary N) is 2. The van der Waals surface area contributed by atoms with Crippen molar-refractivity contribution in [2.75, 3.05) is 12.4 Å². The molecule has 0 heterocycles. The van der Waals surface area contributed by atoms with Crippen LogP contribution in [-0.4, -0.2) is 37.1 Å². The molecule has 4 aromatic rings. The Kier molecular flexibility index (Phi) is 9.65. The van der Waals surface area contributed by atoms with Gasteiger partial charge in [-0.25, -0.2) is 10.2 Å². The molecule has 42 heavy (non-hydrogen) atoms. The molecule has 0 saturated heterocycles. The van der Waals surface area contributed by atoms with Crippen LogP contribution in [0, 0.1) is 0 Å². The summed E-state index contributed by atoms with van der Waals surface area (Å²) in [5.41, 5.74) is 4.04. The molecular weight excluding hydrogens is 562 g/mol. The molecule has 0 unspecified atom stereocenters. The monoisotopic (exact) mass is 585 g/mol. The lowest BCUT2D eigenvalue weighted by atomic mass is 10.1. The molecule has 0 aliphatic rings. The summed E-state index contributed by atoms with van der Waals surface area (Å²) < 4.78 is 15.7. The maximum absolute atomic E-state index is 12.8. The summed E-state index contributed by atoms with van der Waals surface area (Å²) >= 11 is 5.87. The van der Waals surface area contributed by atoms with Crippen molar-refractivity contribution in [2.45, 2.75) is 6.92 Å². The topological polar surface area (TPSA) is 132 Å². The van der Waals surface area contributed by atoms with Gasteiger partial charge >= 0.3 is 11.9 Å². The van der Waals surface area contributed by atoms with Crippen LogP contribution in [0.25, 0.3) is 0 Å². The highest BCUT2D eigenvalue weighted by molar-refractivity contribution is 6.30. The summed E-state index contributed by atoms with van der Waals surface area (Å²) in [6.45, 7) is 1.26. The number of esters is 2. The van der Waals surface area contributed by atoms with E-state index in [1.807, 2.05) is 0 Å². The summed E-state index contributed by atoms with van der Waals surface area (Å²) in [5, 5.41) is 7.19. The second-order valence-electron chi connectivity index (χ2n) is 8.63. The maximum Gasteiger partial charge on any atom is 0.343 e. The number of carbonyl (C=O) groups excluding carboxylic acids is 4. The van der Waals surface area contributed by atoms with Gasteiger partial charge in [0.15, 0.2) is 11.5 Å². The van der Waals surface area contributed by atoms with Crippen molar-refractivity contribution in [2.24, 2.45) is 5.10 Å². The molecule has 0 aromatic heterocycles. The number of ether oxygens (including phenoxy) is 3. The molecule has 0 atom stereocenters. The Bertz CT molecular complexity index is 1670. The predicted octanol–water partition coefficient (Wildman–Crippen LogP) is 5.51. The fourth-order valence-corrected chi connectivity index (χ4v) is 3.77. The zero-order valence-corrected chi connectivity index (χ0v) is 23.2. The zero-order valence-electron chi connectivity index (χ0n) is 22.4. The maximum atomic E-state index is 12.8. The van der Waals surface area contributed by atoms with Gasteiger partial charge in [0, 0.05) is 34.3 Å². The Morgan fingerprint density at radius 2 is 1.45 bits per heavy atom. The zero-order chi connectivity index (χ0) is 30.1. The van der Waals surface area contributed by atoms with Crippen LogP contribution in [-0.2, 0) is 4.79 Å². The molecule has 2 amide bonds. The number of methoxy groups -OCH3 is 1. The van der Waals surface area contributed by atoms with Gasteiger partial charge in [0.05, 0.1) is 18.9 Å². The molecule has 0 spiro atoms. The lowest BCUT2D eigenvalue weighted by molar-refractivity contribution is -0.132. The number of amides is 2. The van der Waals surface area contributed by atoms with E-state index in [-0.39, 0.29) is 28.4 Å². The standard InChI is InChI=1S/C31H24ClN3O7/c1-19(36)41-27-15-12-22(17-28(27)40-2)29(37)34-25-8-5-7-21(16-25)30(38)35-33-18-23-6-3-4-9-26(23)42-31(39)20-10-13-24(32)14-11-20/h3-18H,1-2H3,(H,34,37)(H,35,38). The number of hydrogen-bond donors (Lipinski definition) is 2. The van der Waals surface area contributed by atoms with Gasteiger partial charge in [0.2, 0.25) is 0 Å². The molecule has 0 radical (unpaired) electrons. The molecule has 212 valence electrons. The van der Waals surface area contributed by atoms with E-state index in [4.69, 9.17) is 25.8 Å². The van der Waals surface area contributed by atoms with Crippen LogP contribution >= 0.6 is 11.6 Å². The quantitative estimate of drug-likeness (QED) is 0.115. The Morgan fingerprint density at radius 3 is 2.19 bits per heavy atom. The number of nitrogens with zero attached hydrogens (tertiary/aromatic N) is 1. The molecule has 0 fully saturated rings. The number of hydrazone groups is 1. The fraction of sp³-hybridized carbons (Fsp3) is 0.0645. The number of hydrogen-bond acceptors (Lipinski definition) is 8. The van der Waals surface area contributed by atoms with Crippen LogP contribution < -0.4 is 25.0 Å². The highest BCUT2D eigenvalue weighted by atomic mass is 35.5. The first-order valence-corrected chi connectivity index (χ1v) is 12.8. The molecule has 10 nitrogen and oxygen atoms in total. The average Bonchev–Trinajstić information content (AvgIpc) is 2.98. The van der Waals surface area contributed by atoms with Crippen molar-refractivity contribution in [3.8, 4) is 17.2 Å². The third-order valence-corrected chi connectivity index (χ3v) is 5.89. The summed E-state index contributed by atoms with van der Waals surface area (Å²) in [6, 6.07) is 23.6. The summed E-state index contributed by atoms with van der Waals surface area (Å²) in [7, 11) is 1.39. The third-order valence-electron chi connectivity index (χ3n) is 5.63. The van der Waals surface area contributed by atoms with Crippen molar-refractivity contribution in [3.63, 3.8) is 0 Å². The van der Waals surface area contributed by atoms with Crippen molar-refractivity contribution >= 4 is 47.3 Å². The lowest BCUT2D eigenvalue weighted by Gasteiger charge is -2.11. The Hall–Kier alpha value is -5.48. The average molecular weight is 586 g/mol. The molecular formula is C31H24ClN3O7. The molecule has 2 N–H and O–H groups in total. The number of rotatable bonds is 9. The van der Waals surface area contributed by atoms with Crippen molar-refractivity contribution in [3.05, 3.63) is 118 Å². The Labute approximate surface area is 245 Å². The highest BCUT2D eigenvalue weighted by Crippen LogP contribution is 2.28. The first kappa shape index (κ1) is 29.5. The molecule has 4 aromatic carbocycles. The second-order valence-corrected chi connectivity index (χ2v) is 9.06.